The zero-order chi connectivity index (χ0) is 17.9. The number of nitrogens with zero attached hydrogens (tertiary/aromatic N) is 2. The molecule has 0 unspecified atom stereocenters. The van der Waals surface area contributed by atoms with Gasteiger partial charge in [0.25, 0.3) is 0 Å². The number of para-hydroxylation sites is 2. The number of amides is 2. The Labute approximate surface area is 141 Å². The van der Waals surface area contributed by atoms with Crippen molar-refractivity contribution in [2.45, 2.75) is 6.92 Å². The molecule has 2 amide bonds. The minimum atomic E-state index is -0.948. The van der Waals surface area contributed by atoms with E-state index in [0.29, 0.717) is 12.3 Å². The van der Waals surface area contributed by atoms with Crippen molar-refractivity contribution in [2.75, 3.05) is 30.5 Å². The van der Waals surface area contributed by atoms with Gasteiger partial charge in [0.05, 0.1) is 6.61 Å². The van der Waals surface area contributed by atoms with E-state index in [1.54, 1.807) is 38.2 Å². The molecule has 24 heavy (non-hydrogen) atoms. The summed E-state index contributed by atoms with van der Waals surface area (Å²) in [5.74, 6) is 0. The van der Waals surface area contributed by atoms with Gasteiger partial charge in [-0.05, 0) is 31.2 Å². The number of benzene rings is 2. The molecular weight excluding hydrogens is 308 g/mol. The van der Waals surface area contributed by atoms with Crippen LogP contribution in [-0.4, -0.2) is 38.0 Å². The van der Waals surface area contributed by atoms with Crippen molar-refractivity contribution in [1.29, 1.82) is 0 Å². The van der Waals surface area contributed by atoms with Gasteiger partial charge in [0.2, 0.25) is 0 Å². The molecule has 0 aromatic heterocycles. The molecule has 1 N–H and O–H groups in total. The van der Waals surface area contributed by atoms with Crippen LogP contribution in [0, 0.1) is 0 Å². The van der Waals surface area contributed by atoms with E-state index in [1.165, 1.54) is 16.8 Å². The van der Waals surface area contributed by atoms with E-state index in [0.717, 1.165) is 5.69 Å². The van der Waals surface area contributed by atoms with E-state index < -0.39 is 6.09 Å². The third kappa shape index (κ3) is 6.00. The standard InChI is InChI=1S/C10H13NO2.C8H9NO2/c1-3-13-10(12)11(2)9-7-5-4-6-8-9;1-9(8(10)11)7-5-3-2-4-6-7/h4-8H,3H2,1-2H3;2-6H,1H3,(H,10,11). The Kier molecular flexibility index (Phi) is 7.84. The fourth-order valence-corrected chi connectivity index (χ4v) is 1.74. The monoisotopic (exact) mass is 330 g/mol. The SMILES string of the molecule is CCOC(=O)N(C)c1ccccc1.CN(C(=O)O)c1ccccc1. The summed E-state index contributed by atoms with van der Waals surface area (Å²) in [4.78, 5) is 24.3. The Morgan fingerprint density at radius 2 is 1.29 bits per heavy atom. The molecule has 128 valence electrons. The highest BCUT2D eigenvalue weighted by Gasteiger charge is 2.09. The Bertz CT molecular complexity index is 632. The first-order valence-electron chi connectivity index (χ1n) is 7.44. The molecule has 6 nitrogen and oxygen atoms in total. The van der Waals surface area contributed by atoms with Crippen LogP contribution in [0.25, 0.3) is 0 Å². The zero-order valence-electron chi connectivity index (χ0n) is 14.0. The van der Waals surface area contributed by atoms with Gasteiger partial charge >= 0.3 is 12.2 Å². The van der Waals surface area contributed by atoms with Crippen molar-refractivity contribution in [1.82, 2.24) is 0 Å². The van der Waals surface area contributed by atoms with Crippen LogP contribution in [0.4, 0.5) is 21.0 Å². The molecule has 2 rings (SSSR count). The first kappa shape index (κ1) is 19.0. The molecule has 0 spiro atoms. The van der Waals surface area contributed by atoms with E-state index in [4.69, 9.17) is 9.84 Å². The molecule has 0 atom stereocenters. The van der Waals surface area contributed by atoms with Gasteiger partial charge in [-0.3, -0.25) is 9.80 Å². The summed E-state index contributed by atoms with van der Waals surface area (Å²) in [6.45, 7) is 2.19. The van der Waals surface area contributed by atoms with Crippen LogP contribution in [0.3, 0.4) is 0 Å². The summed E-state index contributed by atoms with van der Waals surface area (Å²) >= 11 is 0. The van der Waals surface area contributed by atoms with E-state index >= 15 is 0 Å². The first-order chi connectivity index (χ1) is 11.5. The quantitative estimate of drug-likeness (QED) is 0.920. The van der Waals surface area contributed by atoms with Gasteiger partial charge in [-0.15, -0.1) is 0 Å². The number of rotatable bonds is 3. The van der Waals surface area contributed by atoms with Crippen LogP contribution in [0.1, 0.15) is 6.92 Å². The number of hydrogen-bond acceptors (Lipinski definition) is 3. The fourth-order valence-electron chi connectivity index (χ4n) is 1.74. The Hall–Kier alpha value is -3.02. The average Bonchev–Trinajstić information content (AvgIpc) is 2.62. The summed E-state index contributed by atoms with van der Waals surface area (Å²) in [5.41, 5.74) is 1.51. The van der Waals surface area contributed by atoms with Gasteiger partial charge in [0.1, 0.15) is 0 Å². The van der Waals surface area contributed by atoms with Crippen molar-refractivity contribution in [3.63, 3.8) is 0 Å². The Morgan fingerprint density at radius 1 is 0.875 bits per heavy atom. The lowest BCUT2D eigenvalue weighted by atomic mass is 10.3. The molecule has 6 heteroatoms. The molecule has 0 aliphatic carbocycles. The topological polar surface area (TPSA) is 70.1 Å². The molecule has 0 aliphatic heterocycles. The van der Waals surface area contributed by atoms with Crippen LogP contribution in [0.5, 0.6) is 0 Å². The molecule has 0 aliphatic rings. The van der Waals surface area contributed by atoms with Gasteiger partial charge in [-0.2, -0.15) is 0 Å². The molecule has 2 aromatic rings. The smallest absolute Gasteiger partial charge is 0.413 e. The normalized spacial score (nSPS) is 9.29. The van der Waals surface area contributed by atoms with Crippen molar-refractivity contribution >= 4 is 23.6 Å². The van der Waals surface area contributed by atoms with E-state index in [1.807, 2.05) is 36.4 Å². The van der Waals surface area contributed by atoms with Crippen LogP contribution < -0.4 is 9.80 Å². The molecule has 0 bridgehead atoms. The largest absolute Gasteiger partial charge is 0.465 e. The lowest BCUT2D eigenvalue weighted by Gasteiger charge is -2.15. The summed E-state index contributed by atoms with van der Waals surface area (Å²) in [7, 11) is 3.20. The first-order valence-corrected chi connectivity index (χ1v) is 7.44. The molecule has 0 fully saturated rings. The van der Waals surface area contributed by atoms with Crippen molar-refractivity contribution in [3.05, 3.63) is 60.7 Å². The van der Waals surface area contributed by atoms with Crippen LogP contribution in [0.15, 0.2) is 60.7 Å². The maximum absolute atomic E-state index is 11.2. The summed E-state index contributed by atoms with van der Waals surface area (Å²) in [6, 6.07) is 18.3. The lowest BCUT2D eigenvalue weighted by molar-refractivity contribution is 0.161. The Morgan fingerprint density at radius 3 is 1.67 bits per heavy atom. The van der Waals surface area contributed by atoms with Crippen LogP contribution >= 0.6 is 0 Å². The highest BCUT2D eigenvalue weighted by molar-refractivity contribution is 5.86. The molecule has 0 saturated heterocycles. The van der Waals surface area contributed by atoms with Gasteiger partial charge in [0.15, 0.2) is 0 Å². The maximum atomic E-state index is 11.2. The minimum absolute atomic E-state index is 0.325. The second-order valence-electron chi connectivity index (χ2n) is 4.77. The third-order valence-corrected chi connectivity index (χ3v) is 3.12. The number of carbonyl (C=O) groups is 2. The van der Waals surface area contributed by atoms with Crippen LogP contribution in [0.2, 0.25) is 0 Å². The highest BCUT2D eigenvalue weighted by atomic mass is 16.6. The summed E-state index contributed by atoms with van der Waals surface area (Å²) in [6.07, 6.45) is -1.27. The number of hydrogen-bond donors (Lipinski definition) is 1. The number of anilines is 2. The van der Waals surface area contributed by atoms with Gasteiger partial charge in [0, 0.05) is 25.5 Å². The van der Waals surface area contributed by atoms with Gasteiger partial charge in [-0.1, -0.05) is 36.4 Å². The number of carbonyl (C=O) groups excluding carboxylic acids is 1. The lowest BCUT2D eigenvalue weighted by Crippen LogP contribution is -2.26. The highest BCUT2D eigenvalue weighted by Crippen LogP contribution is 2.11. The zero-order valence-corrected chi connectivity index (χ0v) is 14.0. The van der Waals surface area contributed by atoms with Crippen molar-refractivity contribution in [2.24, 2.45) is 0 Å². The van der Waals surface area contributed by atoms with Gasteiger partial charge < -0.3 is 9.84 Å². The predicted octanol–water partition coefficient (Wildman–Crippen LogP) is 4.08. The maximum Gasteiger partial charge on any atom is 0.413 e. The molecule has 0 radical (unpaired) electrons. The average molecular weight is 330 g/mol. The van der Waals surface area contributed by atoms with E-state index in [9.17, 15) is 9.59 Å². The second-order valence-corrected chi connectivity index (χ2v) is 4.77. The van der Waals surface area contributed by atoms with Crippen molar-refractivity contribution in [3.8, 4) is 0 Å². The summed E-state index contributed by atoms with van der Waals surface area (Å²) < 4.78 is 4.85. The van der Waals surface area contributed by atoms with Gasteiger partial charge in [-0.25, -0.2) is 9.59 Å². The third-order valence-electron chi connectivity index (χ3n) is 3.12. The van der Waals surface area contributed by atoms with Crippen LogP contribution in [-0.2, 0) is 4.74 Å². The molecule has 0 saturated carbocycles. The van der Waals surface area contributed by atoms with E-state index in [-0.39, 0.29) is 6.09 Å². The fraction of sp³-hybridized carbons (Fsp3) is 0.222. The van der Waals surface area contributed by atoms with Crippen molar-refractivity contribution < 1.29 is 19.4 Å². The Balaban J connectivity index is 0.000000243. The van der Waals surface area contributed by atoms with E-state index in [2.05, 4.69) is 0 Å². The summed E-state index contributed by atoms with van der Waals surface area (Å²) in [5, 5.41) is 8.56. The number of carboxylic acid groups (broad SMARTS) is 1. The second kappa shape index (κ2) is 9.89. The predicted molar refractivity (Wildman–Crippen MR) is 94.7 cm³/mol. The molecule has 2 aromatic carbocycles. The minimum Gasteiger partial charge on any atom is -0.465 e. The number of ether oxygens (including phenoxy) is 1. The molecule has 0 heterocycles. The molecular formula is C18H22N2O4.